The van der Waals surface area contributed by atoms with Gasteiger partial charge in [0, 0.05) is 6.04 Å². The molecule has 2 unspecified atom stereocenters. The molecule has 0 aliphatic heterocycles. The molecule has 1 aromatic rings. The summed E-state index contributed by atoms with van der Waals surface area (Å²) < 4.78 is 41.0. The van der Waals surface area contributed by atoms with Crippen LogP contribution in [0.2, 0.25) is 0 Å². The summed E-state index contributed by atoms with van der Waals surface area (Å²) in [6.07, 6.45) is 4.80. The fourth-order valence-electron chi connectivity index (χ4n) is 2.66. The molecule has 3 N–H and O–H groups in total. The highest BCUT2D eigenvalue weighted by Crippen LogP contribution is 2.28. The number of nitrogens with two attached hydrogens (primary N) is 1. The van der Waals surface area contributed by atoms with Gasteiger partial charge in [-0.15, -0.1) is 0 Å². The zero-order valence-electron chi connectivity index (χ0n) is 11.9. The second-order valence-electron chi connectivity index (χ2n) is 5.74. The largest absolute Gasteiger partial charge is 0.398 e. The zero-order valence-corrected chi connectivity index (χ0v) is 14.3. The van der Waals surface area contributed by atoms with Gasteiger partial charge in [-0.05, 0) is 53.2 Å². The molecule has 1 saturated carbocycles. The Morgan fingerprint density at radius 3 is 2.71 bits per heavy atom. The molecule has 118 valence electrons. The van der Waals surface area contributed by atoms with E-state index in [2.05, 4.69) is 27.6 Å². The van der Waals surface area contributed by atoms with Crippen molar-refractivity contribution in [3.05, 3.63) is 22.4 Å². The first-order chi connectivity index (χ1) is 9.79. The number of nitrogen functional groups attached to an aromatic ring is 1. The monoisotopic (exact) mass is 378 g/mol. The van der Waals surface area contributed by atoms with Gasteiger partial charge in [-0.25, -0.2) is 17.5 Å². The van der Waals surface area contributed by atoms with E-state index in [0.29, 0.717) is 5.92 Å². The van der Waals surface area contributed by atoms with Crippen molar-refractivity contribution in [2.45, 2.75) is 50.0 Å². The lowest BCUT2D eigenvalue weighted by molar-refractivity contribution is 0.484. The fraction of sp³-hybridized carbons (Fsp3) is 0.571. The number of hydrogen-bond donors (Lipinski definition) is 2. The van der Waals surface area contributed by atoms with Gasteiger partial charge in [-0.1, -0.05) is 19.8 Å². The van der Waals surface area contributed by atoms with Crippen LogP contribution in [0.4, 0.5) is 10.1 Å². The average molecular weight is 379 g/mol. The van der Waals surface area contributed by atoms with Crippen molar-refractivity contribution in [2.75, 3.05) is 5.73 Å². The molecule has 0 saturated heterocycles. The molecule has 1 fully saturated rings. The van der Waals surface area contributed by atoms with E-state index in [-0.39, 0.29) is 21.1 Å². The summed E-state index contributed by atoms with van der Waals surface area (Å²) in [7, 11) is -3.74. The van der Waals surface area contributed by atoms with Gasteiger partial charge < -0.3 is 5.73 Å². The molecule has 0 aromatic heterocycles. The number of rotatable bonds is 3. The summed E-state index contributed by atoms with van der Waals surface area (Å²) in [5.74, 6) is 0.0549. The predicted octanol–water partition coefficient (Wildman–Crippen LogP) is 3.42. The van der Waals surface area contributed by atoms with Crippen LogP contribution in [0.25, 0.3) is 0 Å². The van der Waals surface area contributed by atoms with E-state index in [1.807, 2.05) is 0 Å². The smallest absolute Gasteiger partial charge is 0.242 e. The van der Waals surface area contributed by atoms with Crippen molar-refractivity contribution in [3.8, 4) is 0 Å². The van der Waals surface area contributed by atoms with Crippen LogP contribution in [-0.2, 0) is 10.0 Å². The number of nitrogens with one attached hydrogen (secondary N) is 1. The van der Waals surface area contributed by atoms with Gasteiger partial charge in [0.05, 0.1) is 10.2 Å². The van der Waals surface area contributed by atoms with Gasteiger partial charge in [0.25, 0.3) is 0 Å². The van der Waals surface area contributed by atoms with E-state index in [1.165, 1.54) is 6.07 Å². The molecule has 2 atom stereocenters. The lowest BCUT2D eigenvalue weighted by Crippen LogP contribution is -2.34. The summed E-state index contributed by atoms with van der Waals surface area (Å²) in [4.78, 5) is -0.0759. The predicted molar refractivity (Wildman–Crippen MR) is 84.9 cm³/mol. The van der Waals surface area contributed by atoms with Crippen LogP contribution in [0.1, 0.15) is 39.0 Å². The molecule has 0 bridgehead atoms. The van der Waals surface area contributed by atoms with Crippen molar-refractivity contribution in [3.63, 3.8) is 0 Å². The van der Waals surface area contributed by atoms with Gasteiger partial charge >= 0.3 is 0 Å². The SMILES string of the molecule is CC1CCCC(NS(=O)(=O)c2cc(Br)c(F)cc2N)CC1. The summed E-state index contributed by atoms with van der Waals surface area (Å²) in [6, 6.07) is 2.16. The lowest BCUT2D eigenvalue weighted by Gasteiger charge is -2.17. The van der Waals surface area contributed by atoms with E-state index in [4.69, 9.17) is 5.73 Å². The van der Waals surface area contributed by atoms with Gasteiger partial charge in [-0.2, -0.15) is 0 Å². The van der Waals surface area contributed by atoms with E-state index >= 15 is 0 Å². The maximum absolute atomic E-state index is 13.4. The Morgan fingerprint density at radius 1 is 1.29 bits per heavy atom. The number of benzene rings is 1. The fourth-order valence-corrected chi connectivity index (χ4v) is 4.60. The summed E-state index contributed by atoms with van der Waals surface area (Å²) in [6.45, 7) is 2.19. The van der Waals surface area contributed by atoms with Crippen molar-refractivity contribution in [1.82, 2.24) is 4.72 Å². The molecule has 1 aliphatic carbocycles. The second-order valence-corrected chi connectivity index (χ2v) is 8.27. The maximum Gasteiger partial charge on any atom is 0.242 e. The minimum Gasteiger partial charge on any atom is -0.398 e. The van der Waals surface area contributed by atoms with Gasteiger partial charge in [-0.3, -0.25) is 0 Å². The van der Waals surface area contributed by atoms with E-state index in [0.717, 1.165) is 38.2 Å². The van der Waals surface area contributed by atoms with Crippen LogP contribution in [0.15, 0.2) is 21.5 Å². The van der Waals surface area contributed by atoms with Gasteiger partial charge in [0.15, 0.2) is 0 Å². The first-order valence-electron chi connectivity index (χ1n) is 7.06. The van der Waals surface area contributed by atoms with Crippen LogP contribution >= 0.6 is 15.9 Å². The first kappa shape index (κ1) is 16.7. The molecular weight excluding hydrogens is 359 g/mol. The highest BCUT2D eigenvalue weighted by Gasteiger charge is 2.25. The molecule has 0 heterocycles. The number of hydrogen-bond acceptors (Lipinski definition) is 3. The Hall–Kier alpha value is -0.660. The third kappa shape index (κ3) is 4.17. The average Bonchev–Trinajstić information content (AvgIpc) is 2.58. The maximum atomic E-state index is 13.4. The Labute approximate surface area is 133 Å². The minimum atomic E-state index is -3.74. The zero-order chi connectivity index (χ0) is 15.6. The second kappa shape index (κ2) is 6.62. The normalized spacial score (nSPS) is 23.8. The molecule has 0 radical (unpaired) electrons. The topological polar surface area (TPSA) is 72.2 Å². The van der Waals surface area contributed by atoms with Crippen molar-refractivity contribution in [1.29, 1.82) is 0 Å². The summed E-state index contributed by atoms with van der Waals surface area (Å²) in [5, 5.41) is 0. The third-order valence-electron chi connectivity index (χ3n) is 3.92. The molecule has 1 aliphatic rings. The number of anilines is 1. The molecule has 0 amide bonds. The Bertz CT molecular complexity index is 622. The molecular formula is C14H20BrFN2O2S. The Balaban J connectivity index is 2.20. The first-order valence-corrected chi connectivity index (χ1v) is 9.34. The van der Waals surface area contributed by atoms with Crippen molar-refractivity contribution >= 4 is 31.6 Å². The van der Waals surface area contributed by atoms with E-state index < -0.39 is 15.8 Å². The number of halogens is 2. The Kier molecular flexibility index (Phi) is 5.27. The lowest BCUT2D eigenvalue weighted by atomic mass is 10.0. The van der Waals surface area contributed by atoms with E-state index in [1.54, 1.807) is 0 Å². The van der Waals surface area contributed by atoms with Crippen molar-refractivity contribution < 1.29 is 12.8 Å². The van der Waals surface area contributed by atoms with Gasteiger partial charge in [0.2, 0.25) is 10.0 Å². The van der Waals surface area contributed by atoms with Gasteiger partial charge in [0.1, 0.15) is 10.7 Å². The highest BCUT2D eigenvalue weighted by atomic mass is 79.9. The molecule has 4 nitrogen and oxygen atoms in total. The van der Waals surface area contributed by atoms with Crippen molar-refractivity contribution in [2.24, 2.45) is 5.92 Å². The van der Waals surface area contributed by atoms with Crippen LogP contribution in [0.5, 0.6) is 0 Å². The van der Waals surface area contributed by atoms with E-state index in [9.17, 15) is 12.8 Å². The molecule has 21 heavy (non-hydrogen) atoms. The van der Waals surface area contributed by atoms with Crippen LogP contribution in [-0.4, -0.2) is 14.5 Å². The summed E-state index contributed by atoms with van der Waals surface area (Å²) in [5.41, 5.74) is 5.58. The third-order valence-corrected chi connectivity index (χ3v) is 6.11. The minimum absolute atomic E-state index is 0.0759. The molecule has 7 heteroatoms. The van der Waals surface area contributed by atoms with Crippen LogP contribution in [0, 0.1) is 11.7 Å². The summed E-state index contributed by atoms with van der Waals surface area (Å²) >= 11 is 3.00. The van der Waals surface area contributed by atoms with Crippen LogP contribution in [0.3, 0.4) is 0 Å². The van der Waals surface area contributed by atoms with Crippen LogP contribution < -0.4 is 10.5 Å². The quantitative estimate of drug-likeness (QED) is 0.625. The number of sulfonamides is 1. The standard InChI is InChI=1S/C14H20BrFN2O2S/c1-9-3-2-4-10(6-5-9)18-21(19,20)14-7-11(15)12(16)8-13(14)17/h7-10,18H,2-6,17H2,1H3. The Morgan fingerprint density at radius 2 is 2.00 bits per heavy atom. The molecule has 0 spiro atoms. The molecule has 2 rings (SSSR count). The molecule has 1 aromatic carbocycles. The highest BCUT2D eigenvalue weighted by molar-refractivity contribution is 9.10.